The predicted octanol–water partition coefficient (Wildman–Crippen LogP) is 3.97. The largest absolute Gasteiger partial charge is 0.310 e. The molecule has 0 saturated heterocycles. The van der Waals surface area contributed by atoms with Crippen molar-refractivity contribution in [1.82, 2.24) is 19.9 Å². The molecule has 3 aromatic heterocycles. The van der Waals surface area contributed by atoms with Gasteiger partial charge in [0.25, 0.3) is 5.56 Å². The number of aryl methyl sites for hydroxylation is 1. The van der Waals surface area contributed by atoms with Crippen molar-refractivity contribution in [3.63, 3.8) is 0 Å². The van der Waals surface area contributed by atoms with Gasteiger partial charge < -0.3 is 5.32 Å². The summed E-state index contributed by atoms with van der Waals surface area (Å²) in [6.07, 6.45) is 7.17. The first kappa shape index (κ1) is 20.8. The van der Waals surface area contributed by atoms with Crippen LogP contribution in [0.4, 0.5) is 13.2 Å². The lowest BCUT2D eigenvalue weighted by molar-refractivity contribution is 0.437. The number of nitrogens with zero attached hydrogens (tertiary/aromatic N) is 3. The smallest absolute Gasteiger partial charge is 0.262 e. The molecule has 3 heterocycles. The lowest BCUT2D eigenvalue weighted by Crippen LogP contribution is -2.34. The molecule has 164 valence electrons. The summed E-state index contributed by atoms with van der Waals surface area (Å²) in [4.78, 5) is 23.5. The topological polar surface area (TPSA) is 59.8 Å². The molecule has 0 saturated carbocycles. The van der Waals surface area contributed by atoms with Crippen molar-refractivity contribution in [2.75, 3.05) is 0 Å². The number of thiophene rings is 1. The van der Waals surface area contributed by atoms with Gasteiger partial charge in [-0.05, 0) is 60.2 Å². The van der Waals surface area contributed by atoms with E-state index in [1.54, 1.807) is 23.3 Å². The Labute approximate surface area is 185 Å². The van der Waals surface area contributed by atoms with Crippen LogP contribution in [0.2, 0.25) is 0 Å². The standard InChI is InChI=1S/C23H19F3N4OS/c24-17-7-14(8-18(25)21(17)26)10-28-15-1-2-16-19(9-15)32-22-20(16)23(31)30(12-29-22)11-13-3-5-27-6-4-13/h3-8,12,15,28H,1-2,9-11H2/t15-/m0/s1. The number of rotatable bonds is 5. The van der Waals surface area contributed by atoms with Gasteiger partial charge in [0, 0.05) is 29.9 Å². The Hall–Kier alpha value is -3.04. The molecular weight excluding hydrogens is 437 g/mol. The summed E-state index contributed by atoms with van der Waals surface area (Å²) in [5.41, 5.74) is 2.32. The van der Waals surface area contributed by atoms with Gasteiger partial charge in [-0.1, -0.05) is 0 Å². The van der Waals surface area contributed by atoms with Crippen LogP contribution in [0.1, 0.15) is 28.0 Å². The first-order valence-electron chi connectivity index (χ1n) is 10.2. The molecule has 0 spiro atoms. The second kappa shape index (κ2) is 8.48. The van der Waals surface area contributed by atoms with E-state index in [0.717, 1.165) is 45.8 Å². The number of hydrogen-bond acceptors (Lipinski definition) is 5. The van der Waals surface area contributed by atoms with Crippen molar-refractivity contribution < 1.29 is 13.2 Å². The van der Waals surface area contributed by atoms with Crippen molar-refractivity contribution in [3.05, 3.63) is 92.4 Å². The van der Waals surface area contributed by atoms with Gasteiger partial charge in [-0.2, -0.15) is 0 Å². The van der Waals surface area contributed by atoms with Crippen molar-refractivity contribution >= 4 is 21.6 Å². The van der Waals surface area contributed by atoms with Crippen LogP contribution in [-0.2, 0) is 25.9 Å². The van der Waals surface area contributed by atoms with Gasteiger partial charge in [0.15, 0.2) is 17.5 Å². The normalized spacial score (nSPS) is 15.8. The van der Waals surface area contributed by atoms with Crippen LogP contribution >= 0.6 is 11.3 Å². The van der Waals surface area contributed by atoms with Gasteiger partial charge >= 0.3 is 0 Å². The van der Waals surface area contributed by atoms with Gasteiger partial charge in [-0.3, -0.25) is 14.3 Å². The predicted molar refractivity (Wildman–Crippen MR) is 116 cm³/mol. The molecule has 0 bridgehead atoms. The Morgan fingerprint density at radius 3 is 2.62 bits per heavy atom. The number of hydrogen-bond donors (Lipinski definition) is 1. The van der Waals surface area contributed by atoms with Crippen LogP contribution in [0.5, 0.6) is 0 Å². The molecule has 0 fully saturated rings. The van der Waals surface area contributed by atoms with E-state index >= 15 is 0 Å². The van der Waals surface area contributed by atoms with E-state index in [0.29, 0.717) is 23.9 Å². The Morgan fingerprint density at radius 2 is 1.88 bits per heavy atom. The van der Waals surface area contributed by atoms with Crippen molar-refractivity contribution in [1.29, 1.82) is 0 Å². The number of benzene rings is 1. The Morgan fingerprint density at radius 1 is 1.12 bits per heavy atom. The zero-order valence-electron chi connectivity index (χ0n) is 16.9. The monoisotopic (exact) mass is 456 g/mol. The molecule has 32 heavy (non-hydrogen) atoms. The first-order chi connectivity index (χ1) is 15.5. The van der Waals surface area contributed by atoms with Crippen LogP contribution in [0.25, 0.3) is 10.2 Å². The molecule has 0 amide bonds. The summed E-state index contributed by atoms with van der Waals surface area (Å²) in [5, 5.41) is 3.98. The minimum atomic E-state index is -1.46. The second-order valence-electron chi connectivity index (χ2n) is 7.91. The average molecular weight is 456 g/mol. The lowest BCUT2D eigenvalue weighted by Gasteiger charge is -2.23. The third kappa shape index (κ3) is 3.93. The van der Waals surface area contributed by atoms with Crippen LogP contribution in [0.15, 0.2) is 47.8 Å². The van der Waals surface area contributed by atoms with Gasteiger partial charge in [0.2, 0.25) is 0 Å². The van der Waals surface area contributed by atoms with E-state index in [2.05, 4.69) is 15.3 Å². The van der Waals surface area contributed by atoms with Gasteiger partial charge in [0.1, 0.15) is 4.83 Å². The molecule has 1 aliphatic carbocycles. The second-order valence-corrected chi connectivity index (χ2v) is 8.99. The number of halogens is 3. The molecule has 9 heteroatoms. The van der Waals surface area contributed by atoms with Crippen LogP contribution in [0.3, 0.4) is 0 Å². The highest BCUT2D eigenvalue weighted by Gasteiger charge is 2.25. The molecule has 0 unspecified atom stereocenters. The summed E-state index contributed by atoms with van der Waals surface area (Å²) in [7, 11) is 0. The van der Waals surface area contributed by atoms with E-state index in [9.17, 15) is 18.0 Å². The third-order valence-electron chi connectivity index (χ3n) is 5.78. The Balaban J connectivity index is 1.35. The van der Waals surface area contributed by atoms with E-state index in [1.165, 1.54) is 11.3 Å². The van der Waals surface area contributed by atoms with Crippen LogP contribution in [-0.4, -0.2) is 20.6 Å². The zero-order valence-corrected chi connectivity index (χ0v) is 17.8. The maximum atomic E-state index is 13.4. The minimum absolute atomic E-state index is 0.0482. The van der Waals surface area contributed by atoms with Crippen molar-refractivity contribution in [3.8, 4) is 0 Å². The fourth-order valence-corrected chi connectivity index (χ4v) is 5.40. The molecule has 1 aliphatic rings. The molecule has 1 atom stereocenters. The number of aromatic nitrogens is 3. The summed E-state index contributed by atoms with van der Waals surface area (Å²) in [6.45, 7) is 0.667. The molecule has 1 aromatic carbocycles. The maximum Gasteiger partial charge on any atom is 0.262 e. The van der Waals surface area contributed by atoms with Gasteiger partial charge in [0.05, 0.1) is 18.3 Å². The number of nitrogens with one attached hydrogen (secondary N) is 1. The highest BCUT2D eigenvalue weighted by molar-refractivity contribution is 7.18. The van der Waals surface area contributed by atoms with Gasteiger partial charge in [-0.25, -0.2) is 18.2 Å². The molecule has 0 aliphatic heterocycles. The van der Waals surface area contributed by atoms with Crippen molar-refractivity contribution in [2.24, 2.45) is 0 Å². The average Bonchev–Trinajstić information content (AvgIpc) is 3.17. The highest BCUT2D eigenvalue weighted by atomic mass is 32.1. The quantitative estimate of drug-likeness (QED) is 0.462. The number of fused-ring (bicyclic) bond motifs is 3. The summed E-state index contributed by atoms with van der Waals surface area (Å²) >= 11 is 1.52. The molecule has 5 nitrogen and oxygen atoms in total. The fourth-order valence-electron chi connectivity index (χ4n) is 4.15. The van der Waals surface area contributed by atoms with E-state index in [1.807, 2.05) is 12.1 Å². The van der Waals surface area contributed by atoms with Crippen molar-refractivity contribution in [2.45, 2.75) is 38.4 Å². The lowest BCUT2D eigenvalue weighted by atomic mass is 9.93. The zero-order chi connectivity index (χ0) is 22.2. The summed E-state index contributed by atoms with van der Waals surface area (Å²) in [6, 6.07) is 5.84. The van der Waals surface area contributed by atoms with Gasteiger partial charge in [-0.15, -0.1) is 11.3 Å². The first-order valence-corrected chi connectivity index (χ1v) is 11.1. The number of pyridine rings is 1. The summed E-state index contributed by atoms with van der Waals surface area (Å²) < 4.78 is 41.7. The molecule has 1 N–H and O–H groups in total. The molecule has 0 radical (unpaired) electrons. The van der Waals surface area contributed by atoms with Crippen LogP contribution < -0.4 is 10.9 Å². The molecular formula is C23H19F3N4OS. The highest BCUT2D eigenvalue weighted by Crippen LogP contribution is 2.33. The fraction of sp³-hybridized carbons (Fsp3) is 0.261. The molecule has 4 aromatic rings. The summed E-state index contributed by atoms with van der Waals surface area (Å²) in [5.74, 6) is -3.83. The maximum absolute atomic E-state index is 13.4. The Bertz CT molecular complexity index is 1330. The van der Waals surface area contributed by atoms with E-state index < -0.39 is 17.5 Å². The Kier molecular flexibility index (Phi) is 5.52. The van der Waals surface area contributed by atoms with E-state index in [4.69, 9.17) is 0 Å². The van der Waals surface area contributed by atoms with E-state index in [-0.39, 0.29) is 18.1 Å². The molecule has 5 rings (SSSR count). The third-order valence-corrected chi connectivity index (χ3v) is 6.94. The minimum Gasteiger partial charge on any atom is -0.310 e. The van der Waals surface area contributed by atoms with Crippen LogP contribution in [0, 0.1) is 17.5 Å². The SMILES string of the molecule is O=c1c2c3c(sc2ncn1Cc1ccncc1)C[C@@H](NCc1cc(F)c(F)c(F)c1)CC3.